The molecule has 0 aliphatic rings. The Morgan fingerprint density at radius 1 is 1.56 bits per heavy atom. The fourth-order valence-corrected chi connectivity index (χ4v) is 1.89. The number of carbonyl (C=O) groups is 1. The van der Waals surface area contributed by atoms with E-state index in [1.54, 1.807) is 18.0 Å². The van der Waals surface area contributed by atoms with E-state index in [4.69, 9.17) is 22.1 Å². The Hall–Kier alpha value is -1.10. The number of hydrogen-bond acceptors (Lipinski definition) is 3. The van der Waals surface area contributed by atoms with Gasteiger partial charge < -0.3 is 15.4 Å². The quantitative estimate of drug-likeness (QED) is 0.888. The Balaban J connectivity index is 2.77. The van der Waals surface area contributed by atoms with Crippen LogP contribution in [-0.2, 0) is 9.53 Å². The molecule has 0 aliphatic heterocycles. The van der Waals surface area contributed by atoms with Gasteiger partial charge in [-0.3, -0.25) is 4.79 Å². The summed E-state index contributed by atoms with van der Waals surface area (Å²) in [7, 11) is 3.25. The van der Waals surface area contributed by atoms with Crippen LogP contribution >= 0.6 is 11.6 Å². The van der Waals surface area contributed by atoms with Crippen LogP contribution in [0.4, 0.5) is 0 Å². The number of rotatable bonds is 5. The molecule has 1 aromatic rings. The zero-order valence-corrected chi connectivity index (χ0v) is 11.6. The zero-order chi connectivity index (χ0) is 13.7. The van der Waals surface area contributed by atoms with Crippen LogP contribution in [0.2, 0.25) is 5.02 Å². The second-order valence-corrected chi connectivity index (χ2v) is 4.68. The van der Waals surface area contributed by atoms with Crippen LogP contribution in [-0.4, -0.2) is 37.6 Å². The van der Waals surface area contributed by atoms with Gasteiger partial charge in [0, 0.05) is 19.2 Å². The average molecular weight is 271 g/mol. The molecule has 0 aliphatic carbocycles. The highest BCUT2D eigenvalue weighted by atomic mass is 35.5. The van der Waals surface area contributed by atoms with Gasteiger partial charge in [0.1, 0.15) is 6.04 Å². The third kappa shape index (κ3) is 3.70. The van der Waals surface area contributed by atoms with Crippen molar-refractivity contribution in [2.75, 3.05) is 20.8 Å². The largest absolute Gasteiger partial charge is 0.383 e. The Morgan fingerprint density at radius 3 is 2.78 bits per heavy atom. The molecule has 1 aromatic carbocycles. The third-order valence-electron chi connectivity index (χ3n) is 2.92. The van der Waals surface area contributed by atoms with E-state index in [0.717, 1.165) is 5.56 Å². The van der Waals surface area contributed by atoms with Gasteiger partial charge in [0.2, 0.25) is 5.91 Å². The first kappa shape index (κ1) is 15.0. The summed E-state index contributed by atoms with van der Waals surface area (Å²) in [5, 5.41) is 0.654. The fraction of sp³-hybridized carbons (Fsp3) is 0.462. The van der Waals surface area contributed by atoms with Crippen LogP contribution < -0.4 is 5.73 Å². The van der Waals surface area contributed by atoms with Gasteiger partial charge in [0.05, 0.1) is 12.6 Å². The number of hydrogen-bond donors (Lipinski definition) is 1. The van der Waals surface area contributed by atoms with Gasteiger partial charge in [-0.1, -0.05) is 23.7 Å². The lowest BCUT2D eigenvalue weighted by molar-refractivity contribution is -0.134. The molecule has 0 fully saturated rings. The van der Waals surface area contributed by atoms with Gasteiger partial charge in [0.25, 0.3) is 0 Å². The van der Waals surface area contributed by atoms with Crippen molar-refractivity contribution in [3.8, 4) is 0 Å². The van der Waals surface area contributed by atoms with E-state index in [-0.39, 0.29) is 18.6 Å². The summed E-state index contributed by atoms with van der Waals surface area (Å²) in [6.45, 7) is 2.15. The van der Waals surface area contributed by atoms with Crippen molar-refractivity contribution < 1.29 is 9.53 Å². The van der Waals surface area contributed by atoms with E-state index >= 15 is 0 Å². The monoisotopic (exact) mass is 270 g/mol. The van der Waals surface area contributed by atoms with Crippen LogP contribution in [0.25, 0.3) is 0 Å². The number of nitrogens with two attached hydrogens (primary N) is 1. The van der Waals surface area contributed by atoms with Crippen molar-refractivity contribution in [1.29, 1.82) is 0 Å². The van der Waals surface area contributed by atoms with Crippen LogP contribution in [0, 0.1) is 0 Å². The third-order valence-corrected chi connectivity index (χ3v) is 3.16. The molecule has 0 bridgehead atoms. The van der Waals surface area contributed by atoms with Crippen molar-refractivity contribution in [2.45, 2.75) is 19.0 Å². The number of halogens is 1. The number of methoxy groups -OCH3 is 1. The lowest BCUT2D eigenvalue weighted by Gasteiger charge is -2.27. The minimum absolute atomic E-state index is 0.0842. The Morgan fingerprint density at radius 2 is 2.22 bits per heavy atom. The Bertz CT molecular complexity index is 412. The first-order valence-corrected chi connectivity index (χ1v) is 6.11. The van der Waals surface area contributed by atoms with E-state index in [1.165, 1.54) is 7.11 Å². The normalized spacial score (nSPS) is 14.1. The molecular formula is C13H19ClN2O2. The lowest BCUT2D eigenvalue weighted by Crippen LogP contribution is -2.45. The summed E-state index contributed by atoms with van der Waals surface area (Å²) in [5.41, 5.74) is 6.71. The van der Waals surface area contributed by atoms with Crippen molar-refractivity contribution in [3.63, 3.8) is 0 Å². The molecule has 2 unspecified atom stereocenters. The van der Waals surface area contributed by atoms with E-state index in [2.05, 4.69) is 0 Å². The smallest absolute Gasteiger partial charge is 0.242 e. The molecule has 5 heteroatoms. The lowest BCUT2D eigenvalue weighted by atomic mass is 10.1. The van der Waals surface area contributed by atoms with Crippen LogP contribution in [0.5, 0.6) is 0 Å². The maximum atomic E-state index is 12.0. The van der Waals surface area contributed by atoms with Crippen molar-refractivity contribution in [2.24, 2.45) is 5.73 Å². The van der Waals surface area contributed by atoms with Gasteiger partial charge >= 0.3 is 0 Å². The first-order valence-electron chi connectivity index (χ1n) is 5.74. The SMILES string of the molecule is COCC(N)C(=O)N(C)C(C)c1cccc(Cl)c1. The predicted molar refractivity (Wildman–Crippen MR) is 72.5 cm³/mol. The molecule has 2 atom stereocenters. The van der Waals surface area contributed by atoms with Crippen molar-refractivity contribution in [1.82, 2.24) is 4.90 Å². The van der Waals surface area contributed by atoms with E-state index in [9.17, 15) is 4.79 Å². The van der Waals surface area contributed by atoms with Gasteiger partial charge in [-0.15, -0.1) is 0 Å². The second-order valence-electron chi connectivity index (χ2n) is 4.24. The molecule has 1 rings (SSSR count). The highest BCUT2D eigenvalue weighted by molar-refractivity contribution is 6.30. The van der Waals surface area contributed by atoms with Crippen molar-refractivity contribution >= 4 is 17.5 Å². The van der Waals surface area contributed by atoms with E-state index < -0.39 is 6.04 Å². The Labute approximate surface area is 113 Å². The van der Waals surface area contributed by atoms with Gasteiger partial charge in [-0.2, -0.15) is 0 Å². The van der Waals surface area contributed by atoms with Crippen LogP contribution in [0.1, 0.15) is 18.5 Å². The highest BCUT2D eigenvalue weighted by Crippen LogP contribution is 2.22. The molecule has 0 radical (unpaired) electrons. The summed E-state index contributed by atoms with van der Waals surface area (Å²) in [4.78, 5) is 13.6. The number of ether oxygens (including phenoxy) is 1. The molecule has 18 heavy (non-hydrogen) atoms. The molecule has 100 valence electrons. The minimum Gasteiger partial charge on any atom is -0.383 e. The highest BCUT2D eigenvalue weighted by Gasteiger charge is 2.22. The molecular weight excluding hydrogens is 252 g/mol. The number of amides is 1. The number of nitrogens with zero attached hydrogens (tertiary/aromatic N) is 1. The summed E-state index contributed by atoms with van der Waals surface area (Å²) >= 11 is 5.94. The van der Waals surface area contributed by atoms with Gasteiger partial charge in [0.15, 0.2) is 0 Å². The van der Waals surface area contributed by atoms with E-state index in [0.29, 0.717) is 5.02 Å². The molecule has 0 heterocycles. The maximum Gasteiger partial charge on any atom is 0.242 e. The van der Waals surface area contributed by atoms with Gasteiger partial charge in [-0.25, -0.2) is 0 Å². The second kappa shape index (κ2) is 6.73. The zero-order valence-electron chi connectivity index (χ0n) is 10.9. The molecule has 2 N–H and O–H groups in total. The predicted octanol–water partition coefficient (Wildman–Crippen LogP) is 1.83. The van der Waals surface area contributed by atoms with E-state index in [1.807, 2.05) is 25.1 Å². The molecule has 0 saturated heterocycles. The molecule has 1 amide bonds. The van der Waals surface area contributed by atoms with Crippen LogP contribution in [0.3, 0.4) is 0 Å². The summed E-state index contributed by atoms with van der Waals surface area (Å²) in [6, 6.07) is 6.72. The summed E-state index contributed by atoms with van der Waals surface area (Å²) < 4.78 is 4.89. The van der Waals surface area contributed by atoms with Crippen LogP contribution in [0.15, 0.2) is 24.3 Å². The molecule has 4 nitrogen and oxygen atoms in total. The number of likely N-dealkylation sites (N-methyl/N-ethyl adjacent to an activating group) is 1. The first-order chi connectivity index (χ1) is 8.47. The minimum atomic E-state index is -0.637. The average Bonchev–Trinajstić information content (AvgIpc) is 2.36. The molecule has 0 aromatic heterocycles. The maximum absolute atomic E-state index is 12.0. The van der Waals surface area contributed by atoms with Gasteiger partial charge in [-0.05, 0) is 24.6 Å². The Kier molecular flexibility index (Phi) is 5.59. The fourth-order valence-electron chi connectivity index (χ4n) is 1.69. The molecule has 0 spiro atoms. The number of benzene rings is 1. The topological polar surface area (TPSA) is 55.6 Å². The van der Waals surface area contributed by atoms with Crippen molar-refractivity contribution in [3.05, 3.63) is 34.9 Å². The standard InChI is InChI=1S/C13H19ClN2O2/c1-9(10-5-4-6-11(14)7-10)16(2)13(17)12(15)8-18-3/h4-7,9,12H,8,15H2,1-3H3. The molecule has 0 saturated carbocycles. The summed E-state index contributed by atoms with van der Waals surface area (Å²) in [5.74, 6) is -0.149. The summed E-state index contributed by atoms with van der Waals surface area (Å²) in [6.07, 6.45) is 0. The number of carbonyl (C=O) groups excluding carboxylic acids is 1.